The number of hydrogen-bond donors (Lipinski definition) is 0. The quantitative estimate of drug-likeness (QED) is 0.529. The third kappa shape index (κ3) is 3.10. The van der Waals surface area contributed by atoms with E-state index in [-0.39, 0.29) is 11.7 Å². The maximum absolute atomic E-state index is 13.3. The number of carbonyl (C=O) groups excluding carboxylic acids is 1. The molecule has 0 N–H and O–H groups in total. The Morgan fingerprint density at radius 2 is 1.83 bits per heavy atom. The van der Waals surface area contributed by atoms with Crippen molar-refractivity contribution in [3.8, 4) is 11.3 Å². The molecule has 5 rings (SSSR count). The van der Waals surface area contributed by atoms with Crippen LogP contribution >= 0.6 is 0 Å². The first-order chi connectivity index (χ1) is 14.2. The number of fused-ring (bicyclic) bond motifs is 1. The molecule has 1 aliphatic rings. The smallest absolute Gasteiger partial charge is 0.289 e. The van der Waals surface area contributed by atoms with Crippen molar-refractivity contribution in [2.75, 3.05) is 31.1 Å². The van der Waals surface area contributed by atoms with Gasteiger partial charge in [-0.2, -0.15) is 4.98 Å². The fourth-order valence-corrected chi connectivity index (χ4v) is 3.49. The lowest BCUT2D eigenvalue weighted by Gasteiger charge is -2.35. The number of hydrogen-bond acceptors (Lipinski definition) is 7. The van der Waals surface area contributed by atoms with E-state index in [1.165, 1.54) is 24.7 Å². The van der Waals surface area contributed by atoms with E-state index in [4.69, 9.17) is 8.94 Å². The summed E-state index contributed by atoms with van der Waals surface area (Å²) in [5.41, 5.74) is 1.64. The minimum atomic E-state index is -0.324. The molecule has 0 saturated carbocycles. The maximum atomic E-state index is 13.3. The number of anilines is 1. The lowest BCUT2D eigenvalue weighted by molar-refractivity contribution is 0.0714. The summed E-state index contributed by atoms with van der Waals surface area (Å²) in [6.07, 6.45) is 2.92. The monoisotopic (exact) mass is 393 g/mol. The molecule has 4 aromatic rings. The highest BCUT2D eigenvalue weighted by Gasteiger charge is 2.27. The predicted octanol–water partition coefficient (Wildman–Crippen LogP) is 2.98. The number of nitrogens with zero attached hydrogens (tertiary/aromatic N) is 5. The van der Waals surface area contributed by atoms with Crippen molar-refractivity contribution in [3.05, 3.63) is 60.6 Å². The van der Waals surface area contributed by atoms with Gasteiger partial charge in [0.2, 0.25) is 0 Å². The summed E-state index contributed by atoms with van der Waals surface area (Å²) < 4.78 is 23.9. The summed E-state index contributed by atoms with van der Waals surface area (Å²) in [5.74, 6) is 0.566. The van der Waals surface area contributed by atoms with Gasteiger partial charge < -0.3 is 18.7 Å². The maximum Gasteiger partial charge on any atom is 0.289 e. The summed E-state index contributed by atoms with van der Waals surface area (Å²) in [6, 6.07) is 9.39. The molecule has 9 heteroatoms. The van der Waals surface area contributed by atoms with Crippen LogP contribution in [-0.2, 0) is 0 Å². The van der Waals surface area contributed by atoms with Crippen molar-refractivity contribution in [1.82, 2.24) is 20.0 Å². The Balaban J connectivity index is 1.43. The summed E-state index contributed by atoms with van der Waals surface area (Å²) in [7, 11) is 0. The molecule has 1 amide bonds. The van der Waals surface area contributed by atoms with Crippen molar-refractivity contribution in [2.24, 2.45) is 0 Å². The second kappa shape index (κ2) is 7.01. The zero-order valence-corrected chi connectivity index (χ0v) is 15.3. The summed E-state index contributed by atoms with van der Waals surface area (Å²) in [5, 5.41) is 4.80. The number of aromatic nitrogens is 3. The summed E-state index contributed by atoms with van der Waals surface area (Å²) >= 11 is 0. The van der Waals surface area contributed by atoms with Crippen LogP contribution in [0.1, 0.15) is 10.6 Å². The van der Waals surface area contributed by atoms with Crippen molar-refractivity contribution >= 4 is 22.8 Å². The molecular weight excluding hydrogens is 377 g/mol. The highest BCUT2D eigenvalue weighted by atomic mass is 19.1. The number of furan rings is 1. The van der Waals surface area contributed by atoms with Gasteiger partial charge in [-0.3, -0.25) is 4.79 Å². The Morgan fingerprint density at radius 3 is 2.55 bits per heavy atom. The van der Waals surface area contributed by atoms with Gasteiger partial charge in [0.1, 0.15) is 29.0 Å². The molecule has 29 heavy (non-hydrogen) atoms. The van der Waals surface area contributed by atoms with Gasteiger partial charge in [0.05, 0.1) is 6.26 Å². The largest absolute Gasteiger partial charge is 0.459 e. The van der Waals surface area contributed by atoms with Crippen LogP contribution in [-0.4, -0.2) is 52.1 Å². The fourth-order valence-electron chi connectivity index (χ4n) is 3.49. The SMILES string of the molecule is O=C(c1ccco1)N1CCN(c2ncnc3onc(-c4ccc(F)cc4)c23)CC1. The third-order valence-corrected chi connectivity index (χ3v) is 4.97. The van der Waals surface area contributed by atoms with Crippen molar-refractivity contribution in [2.45, 2.75) is 0 Å². The van der Waals surface area contributed by atoms with E-state index < -0.39 is 0 Å². The van der Waals surface area contributed by atoms with Gasteiger partial charge in [0.15, 0.2) is 5.76 Å². The molecule has 1 saturated heterocycles. The van der Waals surface area contributed by atoms with Gasteiger partial charge in [-0.1, -0.05) is 5.16 Å². The average molecular weight is 393 g/mol. The first kappa shape index (κ1) is 17.4. The van der Waals surface area contributed by atoms with Crippen LogP contribution in [0, 0.1) is 5.82 Å². The number of amides is 1. The second-order valence-electron chi connectivity index (χ2n) is 6.67. The number of halogens is 1. The third-order valence-electron chi connectivity index (χ3n) is 4.97. The molecule has 4 heterocycles. The second-order valence-corrected chi connectivity index (χ2v) is 6.67. The first-order valence-electron chi connectivity index (χ1n) is 9.15. The van der Waals surface area contributed by atoms with Crippen LogP contribution < -0.4 is 4.90 Å². The van der Waals surface area contributed by atoms with Crippen LogP contribution in [0.4, 0.5) is 10.2 Å². The molecule has 0 bridgehead atoms. The Morgan fingerprint density at radius 1 is 1.03 bits per heavy atom. The molecule has 0 unspecified atom stereocenters. The van der Waals surface area contributed by atoms with Crippen LogP contribution in [0.25, 0.3) is 22.4 Å². The minimum absolute atomic E-state index is 0.125. The summed E-state index contributed by atoms with van der Waals surface area (Å²) in [4.78, 5) is 24.9. The summed E-state index contributed by atoms with van der Waals surface area (Å²) in [6.45, 7) is 2.24. The van der Waals surface area contributed by atoms with Crippen molar-refractivity contribution in [1.29, 1.82) is 0 Å². The highest BCUT2D eigenvalue weighted by Crippen LogP contribution is 2.33. The van der Waals surface area contributed by atoms with Crippen molar-refractivity contribution < 1.29 is 18.1 Å². The molecule has 1 aliphatic heterocycles. The lowest BCUT2D eigenvalue weighted by Crippen LogP contribution is -2.49. The molecule has 0 radical (unpaired) electrons. The fraction of sp³-hybridized carbons (Fsp3) is 0.200. The molecular formula is C20H16FN5O3. The van der Waals surface area contributed by atoms with Gasteiger partial charge in [0, 0.05) is 31.7 Å². The Kier molecular flexibility index (Phi) is 4.19. The molecule has 0 atom stereocenters. The first-order valence-corrected chi connectivity index (χ1v) is 9.15. The van der Waals surface area contributed by atoms with Crippen LogP contribution in [0.2, 0.25) is 0 Å². The van der Waals surface area contributed by atoms with Crippen LogP contribution in [0.5, 0.6) is 0 Å². The van der Waals surface area contributed by atoms with Crippen LogP contribution in [0.3, 0.4) is 0 Å². The Labute approximate surface area is 164 Å². The number of carbonyl (C=O) groups is 1. The zero-order chi connectivity index (χ0) is 19.8. The Hall–Kier alpha value is -3.75. The van der Waals surface area contributed by atoms with Crippen molar-refractivity contribution in [3.63, 3.8) is 0 Å². The molecule has 0 spiro atoms. The Bertz CT molecular complexity index is 1150. The standard InChI is InChI=1S/C20H16FN5O3/c21-14-5-3-13(4-6-14)17-16-18(22-12-23-19(16)29-24-17)25-7-9-26(10-8-25)20(27)15-2-1-11-28-15/h1-6,11-12H,7-10H2. The minimum Gasteiger partial charge on any atom is -0.459 e. The molecule has 8 nitrogen and oxygen atoms in total. The number of rotatable bonds is 3. The zero-order valence-electron chi connectivity index (χ0n) is 15.3. The van der Waals surface area contributed by atoms with E-state index in [0.717, 1.165) is 0 Å². The van der Waals surface area contributed by atoms with Gasteiger partial charge in [-0.25, -0.2) is 9.37 Å². The molecule has 0 aliphatic carbocycles. The lowest BCUT2D eigenvalue weighted by atomic mass is 10.1. The topological polar surface area (TPSA) is 88.5 Å². The van der Waals surface area contributed by atoms with Gasteiger partial charge in [-0.15, -0.1) is 0 Å². The number of benzene rings is 1. The van der Waals surface area contributed by atoms with Gasteiger partial charge in [0.25, 0.3) is 11.6 Å². The average Bonchev–Trinajstić information content (AvgIpc) is 3.44. The molecule has 3 aromatic heterocycles. The van der Waals surface area contributed by atoms with Crippen LogP contribution in [0.15, 0.2) is 57.9 Å². The van der Waals surface area contributed by atoms with E-state index in [9.17, 15) is 9.18 Å². The molecule has 146 valence electrons. The van der Waals surface area contributed by atoms with E-state index in [2.05, 4.69) is 20.0 Å². The van der Waals surface area contributed by atoms with E-state index in [1.807, 2.05) is 0 Å². The van der Waals surface area contributed by atoms with E-state index in [1.54, 1.807) is 29.2 Å². The predicted molar refractivity (Wildman–Crippen MR) is 102 cm³/mol. The van der Waals surface area contributed by atoms with Gasteiger partial charge >= 0.3 is 0 Å². The van der Waals surface area contributed by atoms with Gasteiger partial charge in [-0.05, 0) is 36.4 Å². The molecule has 1 aromatic carbocycles. The number of piperazine rings is 1. The highest BCUT2D eigenvalue weighted by molar-refractivity contribution is 5.98. The van der Waals surface area contributed by atoms with E-state index >= 15 is 0 Å². The molecule has 1 fully saturated rings. The normalized spacial score (nSPS) is 14.5. The van der Waals surface area contributed by atoms with E-state index in [0.29, 0.717) is 60.1 Å².